The van der Waals surface area contributed by atoms with Gasteiger partial charge in [-0.1, -0.05) is 54.6 Å². The highest BCUT2D eigenvalue weighted by atomic mass is 16.5. The van der Waals surface area contributed by atoms with Gasteiger partial charge in [0.25, 0.3) is 0 Å². The molecule has 0 saturated heterocycles. The predicted molar refractivity (Wildman–Crippen MR) is 94.6 cm³/mol. The Hall–Kier alpha value is -2.32. The number of rotatable bonds is 5. The van der Waals surface area contributed by atoms with Crippen molar-refractivity contribution >= 4 is 0 Å². The molecule has 3 aromatic rings. The van der Waals surface area contributed by atoms with Gasteiger partial charge in [-0.05, 0) is 29.7 Å². The van der Waals surface area contributed by atoms with E-state index in [1.165, 1.54) is 33.6 Å². The highest BCUT2D eigenvalue weighted by molar-refractivity contribution is 5.79. The Morgan fingerprint density at radius 3 is 2.57 bits per heavy atom. The van der Waals surface area contributed by atoms with Gasteiger partial charge in [0.15, 0.2) is 0 Å². The minimum Gasteiger partial charge on any atom is -0.380 e. The van der Waals surface area contributed by atoms with E-state index in [9.17, 15) is 0 Å². The van der Waals surface area contributed by atoms with E-state index in [1.54, 1.807) is 0 Å². The summed E-state index contributed by atoms with van der Waals surface area (Å²) in [6, 6.07) is 21.8. The average Bonchev–Trinajstić information content (AvgIpc) is 3.12. The Balaban J connectivity index is 1.83. The molecule has 0 spiro atoms. The van der Waals surface area contributed by atoms with Gasteiger partial charge in [-0.2, -0.15) is 0 Å². The molecule has 1 aliphatic carbocycles. The van der Waals surface area contributed by atoms with Crippen LogP contribution in [0.25, 0.3) is 22.5 Å². The van der Waals surface area contributed by atoms with Crippen molar-refractivity contribution in [2.75, 3.05) is 13.2 Å². The average molecular weight is 303 g/mol. The van der Waals surface area contributed by atoms with Crippen molar-refractivity contribution in [3.05, 3.63) is 71.8 Å². The highest BCUT2D eigenvalue weighted by Crippen LogP contribution is 2.41. The molecule has 0 atom stereocenters. The first kappa shape index (κ1) is 14.3. The lowest BCUT2D eigenvalue weighted by atomic mass is 10.1. The fourth-order valence-electron chi connectivity index (χ4n) is 3.55. The Bertz CT molecular complexity index is 817. The standard InChI is InChI=1S/C21H21NO/c1-2-23-13-12-22-20(16-8-4-3-5-9-16)15-18-14-17-10-6-7-11-19(17)21(18)22/h3-11,15H,2,12-14H2,1H3. The van der Waals surface area contributed by atoms with Crippen molar-refractivity contribution in [3.8, 4) is 22.5 Å². The minimum absolute atomic E-state index is 0.750. The van der Waals surface area contributed by atoms with Gasteiger partial charge < -0.3 is 9.30 Å². The van der Waals surface area contributed by atoms with E-state index in [2.05, 4.69) is 65.2 Å². The van der Waals surface area contributed by atoms with Gasteiger partial charge in [0.05, 0.1) is 12.3 Å². The summed E-state index contributed by atoms with van der Waals surface area (Å²) >= 11 is 0. The Morgan fingerprint density at radius 1 is 0.957 bits per heavy atom. The third kappa shape index (κ3) is 2.49. The second kappa shape index (κ2) is 6.05. The van der Waals surface area contributed by atoms with Crippen LogP contribution in [0.2, 0.25) is 0 Å². The lowest BCUT2D eigenvalue weighted by Gasteiger charge is -2.14. The summed E-state index contributed by atoms with van der Waals surface area (Å²) in [5.41, 5.74) is 8.19. The number of hydrogen-bond acceptors (Lipinski definition) is 1. The van der Waals surface area contributed by atoms with Crippen molar-refractivity contribution in [3.63, 3.8) is 0 Å². The second-order valence-corrected chi connectivity index (χ2v) is 5.95. The van der Waals surface area contributed by atoms with Gasteiger partial charge in [0.2, 0.25) is 0 Å². The highest BCUT2D eigenvalue weighted by Gasteiger charge is 2.24. The van der Waals surface area contributed by atoms with Crippen molar-refractivity contribution in [2.45, 2.75) is 19.9 Å². The molecule has 2 nitrogen and oxygen atoms in total. The molecule has 116 valence electrons. The smallest absolute Gasteiger partial charge is 0.0645 e. The van der Waals surface area contributed by atoms with Crippen LogP contribution in [0, 0.1) is 0 Å². The molecule has 1 heterocycles. The summed E-state index contributed by atoms with van der Waals surface area (Å²) in [7, 11) is 0. The molecule has 0 amide bonds. The van der Waals surface area contributed by atoms with E-state index in [4.69, 9.17) is 4.74 Å². The normalized spacial score (nSPS) is 12.2. The molecule has 1 aromatic heterocycles. The van der Waals surface area contributed by atoms with Gasteiger partial charge in [-0.3, -0.25) is 0 Å². The minimum atomic E-state index is 0.750. The summed E-state index contributed by atoms with van der Waals surface area (Å²) in [6.07, 6.45) is 1.03. The van der Waals surface area contributed by atoms with Crippen LogP contribution in [-0.2, 0) is 17.7 Å². The SMILES string of the molecule is CCOCCn1c(-c2ccccc2)cc2c1-c1ccccc1C2. The predicted octanol–water partition coefficient (Wildman–Crippen LogP) is 4.76. The first-order valence-corrected chi connectivity index (χ1v) is 8.32. The first-order valence-electron chi connectivity index (χ1n) is 8.32. The number of benzene rings is 2. The molecule has 2 heteroatoms. The molecular formula is C21H21NO. The Morgan fingerprint density at radius 2 is 1.74 bits per heavy atom. The van der Waals surface area contributed by atoms with E-state index >= 15 is 0 Å². The summed E-state index contributed by atoms with van der Waals surface area (Å²) in [5.74, 6) is 0. The van der Waals surface area contributed by atoms with Crippen LogP contribution in [0.15, 0.2) is 60.7 Å². The number of hydrogen-bond donors (Lipinski definition) is 0. The third-order valence-electron chi connectivity index (χ3n) is 4.56. The molecule has 0 aliphatic heterocycles. The number of ether oxygens (including phenoxy) is 1. The van der Waals surface area contributed by atoms with Crippen LogP contribution in [0.1, 0.15) is 18.1 Å². The fourth-order valence-corrected chi connectivity index (χ4v) is 3.55. The lowest BCUT2D eigenvalue weighted by Crippen LogP contribution is -2.08. The maximum Gasteiger partial charge on any atom is 0.0645 e. The molecule has 2 aromatic carbocycles. The van der Waals surface area contributed by atoms with Gasteiger partial charge in [-0.15, -0.1) is 0 Å². The van der Waals surface area contributed by atoms with Crippen LogP contribution >= 0.6 is 0 Å². The number of aromatic nitrogens is 1. The van der Waals surface area contributed by atoms with Crippen LogP contribution in [0.5, 0.6) is 0 Å². The molecule has 0 N–H and O–H groups in total. The van der Waals surface area contributed by atoms with E-state index in [1.807, 2.05) is 6.92 Å². The van der Waals surface area contributed by atoms with Crippen molar-refractivity contribution in [1.29, 1.82) is 0 Å². The topological polar surface area (TPSA) is 14.2 Å². The van der Waals surface area contributed by atoms with Gasteiger partial charge in [0, 0.05) is 30.8 Å². The summed E-state index contributed by atoms with van der Waals surface area (Å²) in [6.45, 7) is 4.45. The maximum absolute atomic E-state index is 5.62. The zero-order valence-electron chi connectivity index (χ0n) is 13.5. The van der Waals surface area contributed by atoms with Gasteiger partial charge in [0.1, 0.15) is 0 Å². The van der Waals surface area contributed by atoms with Crippen molar-refractivity contribution in [1.82, 2.24) is 4.57 Å². The summed E-state index contributed by atoms with van der Waals surface area (Å²) in [5, 5.41) is 0. The third-order valence-corrected chi connectivity index (χ3v) is 4.56. The summed E-state index contributed by atoms with van der Waals surface area (Å²) in [4.78, 5) is 0. The fraction of sp³-hybridized carbons (Fsp3) is 0.238. The molecule has 0 unspecified atom stereocenters. The molecule has 0 saturated carbocycles. The molecule has 4 rings (SSSR count). The van der Waals surface area contributed by atoms with Crippen molar-refractivity contribution < 1.29 is 4.74 Å². The molecule has 0 fully saturated rings. The molecular weight excluding hydrogens is 282 g/mol. The van der Waals surface area contributed by atoms with Crippen LogP contribution in [0.3, 0.4) is 0 Å². The van der Waals surface area contributed by atoms with E-state index in [0.717, 1.165) is 26.2 Å². The molecule has 23 heavy (non-hydrogen) atoms. The Labute approximate surface area is 137 Å². The molecule has 0 radical (unpaired) electrons. The molecule has 1 aliphatic rings. The number of fused-ring (bicyclic) bond motifs is 3. The Kier molecular flexibility index (Phi) is 3.76. The second-order valence-electron chi connectivity index (χ2n) is 5.95. The quantitative estimate of drug-likeness (QED) is 0.485. The zero-order valence-corrected chi connectivity index (χ0v) is 13.5. The van der Waals surface area contributed by atoms with E-state index in [-0.39, 0.29) is 0 Å². The van der Waals surface area contributed by atoms with Gasteiger partial charge >= 0.3 is 0 Å². The van der Waals surface area contributed by atoms with E-state index in [0.29, 0.717) is 0 Å². The maximum atomic E-state index is 5.62. The molecule has 0 bridgehead atoms. The lowest BCUT2D eigenvalue weighted by molar-refractivity contribution is 0.139. The van der Waals surface area contributed by atoms with Crippen LogP contribution in [0.4, 0.5) is 0 Å². The number of nitrogens with zero attached hydrogens (tertiary/aromatic N) is 1. The largest absolute Gasteiger partial charge is 0.380 e. The van der Waals surface area contributed by atoms with Crippen LogP contribution < -0.4 is 0 Å². The van der Waals surface area contributed by atoms with Gasteiger partial charge in [-0.25, -0.2) is 0 Å². The zero-order chi connectivity index (χ0) is 15.6. The monoisotopic (exact) mass is 303 g/mol. The van der Waals surface area contributed by atoms with E-state index < -0.39 is 0 Å². The summed E-state index contributed by atoms with van der Waals surface area (Å²) < 4.78 is 8.06. The van der Waals surface area contributed by atoms with Crippen molar-refractivity contribution in [2.24, 2.45) is 0 Å². The first-order chi connectivity index (χ1) is 11.4. The van der Waals surface area contributed by atoms with Crippen LogP contribution in [-0.4, -0.2) is 17.8 Å².